The van der Waals surface area contributed by atoms with E-state index in [4.69, 9.17) is 9.72 Å². The highest BCUT2D eigenvalue weighted by Gasteiger charge is 2.46. The molecule has 2 saturated heterocycles. The Morgan fingerprint density at radius 2 is 1.66 bits per heavy atom. The number of piperidine rings is 1. The average Bonchev–Trinajstić information content (AvgIpc) is 3.77. The SMILES string of the molecule is CC(C)Oc1cc(C(=O)N2CCC(N3CCN(C)CC3)CC2)ccc1Nc1ncc2c(n1)N(C1CCCC1)C1CCCC1C(=O)N2C. The van der Waals surface area contributed by atoms with Gasteiger partial charge in [0.2, 0.25) is 11.9 Å². The Hall–Kier alpha value is -3.44. The van der Waals surface area contributed by atoms with Crippen LogP contribution in [0.2, 0.25) is 0 Å². The number of hydrogen-bond donors (Lipinski definition) is 1. The standard InChI is InChI=1S/C36H52N8O3/c1-24(2)47-32-22-25(34(45)43-16-14-26(15-17-43)42-20-18-40(3)19-21-42)12-13-29(32)38-36-37-23-31-33(39-36)44(27-8-5-6-9-27)30-11-7-10-28(30)35(46)41(31)4/h12-13,22-24,26-28,30H,5-11,14-21H2,1-4H3,(H,37,38,39). The normalized spacial score (nSPS) is 24.9. The van der Waals surface area contributed by atoms with Gasteiger partial charge in [0, 0.05) is 70.0 Å². The number of anilines is 4. The van der Waals surface area contributed by atoms with Crippen LogP contribution >= 0.6 is 0 Å². The highest BCUT2D eigenvalue weighted by molar-refractivity contribution is 6.00. The fraction of sp³-hybridized carbons (Fsp3) is 0.667. The van der Waals surface area contributed by atoms with E-state index in [2.05, 4.69) is 32.0 Å². The molecule has 2 unspecified atom stereocenters. The van der Waals surface area contributed by atoms with Gasteiger partial charge in [0.1, 0.15) is 11.4 Å². The first-order valence-corrected chi connectivity index (χ1v) is 18.0. The fourth-order valence-corrected chi connectivity index (χ4v) is 8.60. The van der Waals surface area contributed by atoms with E-state index in [-0.39, 0.29) is 29.9 Å². The quantitative estimate of drug-likeness (QED) is 0.458. The lowest BCUT2D eigenvalue weighted by Gasteiger charge is -2.42. The lowest BCUT2D eigenvalue weighted by atomic mass is 9.99. The number of amides is 2. The first kappa shape index (κ1) is 32.1. The van der Waals surface area contributed by atoms with Gasteiger partial charge in [0.05, 0.1) is 23.9 Å². The van der Waals surface area contributed by atoms with E-state index in [1.165, 1.54) is 12.8 Å². The summed E-state index contributed by atoms with van der Waals surface area (Å²) in [5, 5.41) is 3.43. The van der Waals surface area contributed by atoms with Crippen molar-refractivity contribution in [3.05, 3.63) is 30.0 Å². The monoisotopic (exact) mass is 644 g/mol. The topological polar surface area (TPSA) is 97.4 Å². The van der Waals surface area contributed by atoms with Crippen LogP contribution in [-0.2, 0) is 4.79 Å². The minimum Gasteiger partial charge on any atom is -0.489 e. The van der Waals surface area contributed by atoms with E-state index >= 15 is 0 Å². The van der Waals surface area contributed by atoms with Gasteiger partial charge in [-0.25, -0.2) is 4.98 Å². The number of piperazine rings is 1. The third-order valence-electron chi connectivity index (χ3n) is 11.2. The zero-order chi connectivity index (χ0) is 32.7. The molecule has 2 atom stereocenters. The summed E-state index contributed by atoms with van der Waals surface area (Å²) in [4.78, 5) is 48.3. The molecule has 2 amide bonds. The number of aromatic nitrogens is 2. The second-order valence-corrected chi connectivity index (χ2v) is 14.6. The number of likely N-dealkylation sites (tertiary alicyclic amines) is 1. The Kier molecular flexibility index (Phi) is 9.29. The molecule has 1 aromatic carbocycles. The molecule has 4 heterocycles. The zero-order valence-corrected chi connectivity index (χ0v) is 28.7. The lowest BCUT2D eigenvalue weighted by molar-refractivity contribution is -0.122. The molecule has 5 aliphatic rings. The second-order valence-electron chi connectivity index (χ2n) is 14.6. The summed E-state index contributed by atoms with van der Waals surface area (Å²) in [7, 11) is 4.05. The van der Waals surface area contributed by atoms with Crippen molar-refractivity contribution in [2.75, 3.05) is 68.5 Å². The molecular weight excluding hydrogens is 592 g/mol. The number of likely N-dealkylation sites (N-methyl/N-ethyl adjacent to an activating group) is 1. The maximum atomic E-state index is 13.7. The number of nitrogens with zero attached hydrogens (tertiary/aromatic N) is 7. The molecule has 1 aromatic heterocycles. The molecule has 4 fully saturated rings. The van der Waals surface area contributed by atoms with Crippen molar-refractivity contribution in [3.63, 3.8) is 0 Å². The van der Waals surface area contributed by atoms with Gasteiger partial charge in [-0.2, -0.15) is 4.98 Å². The smallest absolute Gasteiger partial charge is 0.253 e. The highest BCUT2D eigenvalue weighted by Crippen LogP contribution is 2.45. The molecule has 11 nitrogen and oxygen atoms in total. The molecule has 47 heavy (non-hydrogen) atoms. The van der Waals surface area contributed by atoms with Gasteiger partial charge in [-0.3, -0.25) is 14.5 Å². The van der Waals surface area contributed by atoms with Crippen LogP contribution in [0.1, 0.15) is 82.0 Å². The number of benzene rings is 1. The Bertz CT molecular complexity index is 1450. The average molecular weight is 645 g/mol. The number of ether oxygens (including phenoxy) is 1. The molecule has 2 aromatic rings. The summed E-state index contributed by atoms with van der Waals surface area (Å²) >= 11 is 0. The van der Waals surface area contributed by atoms with Crippen molar-refractivity contribution in [1.82, 2.24) is 24.7 Å². The van der Waals surface area contributed by atoms with Gasteiger partial charge in [-0.1, -0.05) is 19.3 Å². The summed E-state index contributed by atoms with van der Waals surface area (Å²) in [6.07, 6.45) is 11.4. The molecule has 2 aliphatic carbocycles. The van der Waals surface area contributed by atoms with Gasteiger partial charge in [-0.15, -0.1) is 0 Å². The predicted octanol–water partition coefficient (Wildman–Crippen LogP) is 4.75. The van der Waals surface area contributed by atoms with Gasteiger partial charge >= 0.3 is 0 Å². The van der Waals surface area contributed by atoms with E-state index in [1.54, 1.807) is 11.1 Å². The Morgan fingerprint density at radius 3 is 2.38 bits per heavy atom. The molecule has 3 aliphatic heterocycles. The Labute approximate surface area is 279 Å². The number of nitrogens with one attached hydrogen (secondary N) is 1. The summed E-state index contributed by atoms with van der Waals surface area (Å²) in [5.74, 6) is 2.14. The molecule has 0 radical (unpaired) electrons. The van der Waals surface area contributed by atoms with Gasteiger partial charge in [0.15, 0.2) is 5.82 Å². The molecular formula is C36H52N8O3. The number of hydrogen-bond acceptors (Lipinski definition) is 9. The molecule has 2 saturated carbocycles. The molecule has 1 N–H and O–H groups in total. The molecule has 254 valence electrons. The third-order valence-corrected chi connectivity index (χ3v) is 11.2. The van der Waals surface area contributed by atoms with Crippen molar-refractivity contribution >= 4 is 35.0 Å². The van der Waals surface area contributed by atoms with Crippen molar-refractivity contribution in [2.45, 2.75) is 95.9 Å². The van der Waals surface area contributed by atoms with Crippen LogP contribution < -0.4 is 19.9 Å². The molecule has 0 bridgehead atoms. The number of carbonyl (C=O) groups is 2. The first-order valence-electron chi connectivity index (χ1n) is 18.0. The largest absolute Gasteiger partial charge is 0.489 e. The number of rotatable bonds is 7. The van der Waals surface area contributed by atoms with E-state index < -0.39 is 0 Å². The number of carbonyl (C=O) groups excluding carboxylic acids is 2. The summed E-state index contributed by atoms with van der Waals surface area (Å²) in [6, 6.07) is 6.78. The van der Waals surface area contributed by atoms with Gasteiger partial charge in [0.25, 0.3) is 5.91 Å². The van der Waals surface area contributed by atoms with Crippen molar-refractivity contribution < 1.29 is 14.3 Å². The second kappa shape index (κ2) is 13.6. The minimum absolute atomic E-state index is 0.0000836. The van der Waals surface area contributed by atoms with E-state index in [0.29, 0.717) is 35.0 Å². The summed E-state index contributed by atoms with van der Waals surface area (Å²) < 4.78 is 6.26. The third kappa shape index (κ3) is 6.53. The summed E-state index contributed by atoms with van der Waals surface area (Å²) in [5.41, 5.74) is 2.12. The zero-order valence-electron chi connectivity index (χ0n) is 28.7. The van der Waals surface area contributed by atoms with Crippen LogP contribution in [0.15, 0.2) is 24.4 Å². The van der Waals surface area contributed by atoms with Crippen LogP contribution in [0.25, 0.3) is 0 Å². The van der Waals surface area contributed by atoms with Crippen LogP contribution in [0, 0.1) is 5.92 Å². The lowest BCUT2D eigenvalue weighted by Crippen LogP contribution is -2.52. The Balaban J connectivity index is 1.11. The maximum absolute atomic E-state index is 13.7. The molecule has 7 rings (SSSR count). The van der Waals surface area contributed by atoms with Crippen LogP contribution in [0.3, 0.4) is 0 Å². The van der Waals surface area contributed by atoms with Crippen LogP contribution in [0.5, 0.6) is 5.75 Å². The minimum atomic E-state index is -0.0787. The van der Waals surface area contributed by atoms with Crippen molar-refractivity contribution in [1.29, 1.82) is 0 Å². The predicted molar refractivity (Wildman–Crippen MR) is 185 cm³/mol. The summed E-state index contributed by atoms with van der Waals surface area (Å²) in [6.45, 7) is 9.99. The first-order chi connectivity index (χ1) is 22.8. The number of fused-ring (bicyclic) bond motifs is 2. The van der Waals surface area contributed by atoms with Gasteiger partial charge < -0.3 is 29.7 Å². The van der Waals surface area contributed by atoms with Gasteiger partial charge in [-0.05, 0) is 77.6 Å². The Morgan fingerprint density at radius 1 is 0.915 bits per heavy atom. The van der Waals surface area contributed by atoms with Crippen LogP contribution in [0.4, 0.5) is 23.1 Å². The van der Waals surface area contributed by atoms with E-state index in [9.17, 15) is 9.59 Å². The van der Waals surface area contributed by atoms with Crippen molar-refractivity contribution in [2.24, 2.45) is 5.92 Å². The van der Waals surface area contributed by atoms with Crippen LogP contribution in [-0.4, -0.2) is 114 Å². The highest BCUT2D eigenvalue weighted by atomic mass is 16.5. The van der Waals surface area contributed by atoms with Crippen molar-refractivity contribution in [3.8, 4) is 5.75 Å². The van der Waals surface area contributed by atoms with E-state index in [0.717, 1.165) is 95.7 Å². The molecule has 11 heteroatoms. The van der Waals surface area contributed by atoms with E-state index in [1.807, 2.05) is 44.0 Å². The fourth-order valence-electron chi connectivity index (χ4n) is 8.60. The molecule has 0 spiro atoms. The maximum Gasteiger partial charge on any atom is 0.253 e.